The van der Waals surface area contributed by atoms with Gasteiger partial charge in [-0.2, -0.15) is 11.8 Å². The SMILES string of the molecule is O=C(O)CC(F)(F)C1CSC1. The molecule has 0 aliphatic carbocycles. The highest BCUT2D eigenvalue weighted by molar-refractivity contribution is 8.00. The number of carboxylic acid groups (broad SMARTS) is 1. The average molecular weight is 182 g/mol. The van der Waals surface area contributed by atoms with Crippen molar-refractivity contribution in [3.63, 3.8) is 0 Å². The van der Waals surface area contributed by atoms with Gasteiger partial charge in [0, 0.05) is 17.4 Å². The molecule has 1 saturated heterocycles. The minimum absolute atomic E-state index is 0.389. The lowest BCUT2D eigenvalue weighted by Crippen LogP contribution is -2.39. The van der Waals surface area contributed by atoms with Crippen molar-refractivity contribution in [3.8, 4) is 0 Å². The van der Waals surface area contributed by atoms with Crippen molar-refractivity contribution in [2.75, 3.05) is 11.5 Å². The van der Waals surface area contributed by atoms with E-state index in [0.717, 1.165) is 0 Å². The van der Waals surface area contributed by atoms with Gasteiger partial charge in [-0.3, -0.25) is 4.79 Å². The number of hydrogen-bond donors (Lipinski definition) is 1. The lowest BCUT2D eigenvalue weighted by molar-refractivity contribution is -0.148. The molecule has 1 aliphatic heterocycles. The van der Waals surface area contributed by atoms with E-state index in [1.165, 1.54) is 11.8 Å². The maximum absolute atomic E-state index is 12.7. The molecule has 5 heteroatoms. The van der Waals surface area contributed by atoms with Crippen LogP contribution < -0.4 is 0 Å². The molecular formula is C6H8F2O2S. The second-order valence-electron chi connectivity index (χ2n) is 2.57. The Kier molecular flexibility index (Phi) is 2.37. The van der Waals surface area contributed by atoms with Crippen molar-refractivity contribution in [1.29, 1.82) is 0 Å². The maximum Gasteiger partial charge on any atom is 0.309 e. The summed E-state index contributed by atoms with van der Waals surface area (Å²) in [6, 6.07) is 0. The maximum atomic E-state index is 12.7. The first-order valence-corrected chi connectivity index (χ1v) is 4.35. The highest BCUT2D eigenvalue weighted by atomic mass is 32.2. The molecule has 2 nitrogen and oxygen atoms in total. The second kappa shape index (κ2) is 2.97. The van der Waals surface area contributed by atoms with E-state index in [4.69, 9.17) is 5.11 Å². The number of halogens is 2. The van der Waals surface area contributed by atoms with Gasteiger partial charge in [0.25, 0.3) is 5.92 Å². The van der Waals surface area contributed by atoms with Crippen LogP contribution in [0.1, 0.15) is 6.42 Å². The molecule has 0 atom stereocenters. The molecule has 64 valence electrons. The van der Waals surface area contributed by atoms with Crippen molar-refractivity contribution in [3.05, 3.63) is 0 Å². The van der Waals surface area contributed by atoms with Crippen LogP contribution in [0.25, 0.3) is 0 Å². The van der Waals surface area contributed by atoms with Gasteiger partial charge in [-0.15, -0.1) is 0 Å². The zero-order valence-electron chi connectivity index (χ0n) is 5.72. The summed E-state index contributed by atoms with van der Waals surface area (Å²) in [5, 5.41) is 8.13. The van der Waals surface area contributed by atoms with Crippen LogP contribution in [-0.2, 0) is 4.79 Å². The predicted octanol–water partition coefficient (Wildman–Crippen LogP) is 1.46. The molecule has 1 fully saturated rings. The predicted molar refractivity (Wildman–Crippen MR) is 38.0 cm³/mol. The van der Waals surface area contributed by atoms with Gasteiger partial charge in [-0.1, -0.05) is 0 Å². The zero-order chi connectivity index (χ0) is 8.48. The van der Waals surface area contributed by atoms with Gasteiger partial charge < -0.3 is 5.11 Å². The third-order valence-electron chi connectivity index (χ3n) is 1.62. The Hall–Kier alpha value is -0.320. The largest absolute Gasteiger partial charge is 0.481 e. The highest BCUT2D eigenvalue weighted by Crippen LogP contribution is 2.39. The van der Waals surface area contributed by atoms with E-state index in [1.54, 1.807) is 0 Å². The van der Waals surface area contributed by atoms with Crippen molar-refractivity contribution < 1.29 is 18.7 Å². The smallest absolute Gasteiger partial charge is 0.309 e. The number of thioether (sulfide) groups is 1. The first-order chi connectivity index (χ1) is 5.02. The fraction of sp³-hybridized carbons (Fsp3) is 0.833. The van der Waals surface area contributed by atoms with Gasteiger partial charge in [-0.05, 0) is 0 Å². The van der Waals surface area contributed by atoms with Crippen molar-refractivity contribution in [1.82, 2.24) is 0 Å². The summed E-state index contributed by atoms with van der Waals surface area (Å²) in [5.74, 6) is -4.37. The fourth-order valence-corrected chi connectivity index (χ4v) is 1.78. The number of carbonyl (C=O) groups is 1. The van der Waals surface area contributed by atoms with Crippen molar-refractivity contribution in [2.45, 2.75) is 12.3 Å². The molecule has 0 saturated carbocycles. The Morgan fingerprint density at radius 2 is 2.18 bits per heavy atom. The summed E-state index contributed by atoms with van der Waals surface area (Å²) >= 11 is 1.43. The normalized spacial score (nSPS) is 19.5. The number of alkyl halides is 2. The third-order valence-corrected chi connectivity index (χ3v) is 2.90. The first kappa shape index (κ1) is 8.77. The Bertz CT molecular complexity index is 168. The molecule has 0 radical (unpaired) electrons. The molecule has 0 amide bonds. The van der Waals surface area contributed by atoms with Crippen molar-refractivity contribution >= 4 is 17.7 Å². The van der Waals surface area contributed by atoms with E-state index in [-0.39, 0.29) is 0 Å². The minimum atomic E-state index is -3.00. The van der Waals surface area contributed by atoms with Crippen LogP contribution in [0.5, 0.6) is 0 Å². The summed E-state index contributed by atoms with van der Waals surface area (Å²) in [5.41, 5.74) is 0. The number of aliphatic carboxylic acids is 1. The van der Waals surface area contributed by atoms with Crippen LogP contribution in [0, 0.1) is 5.92 Å². The number of carboxylic acids is 1. The summed E-state index contributed by atoms with van der Waals surface area (Å²) in [4.78, 5) is 9.97. The summed E-state index contributed by atoms with van der Waals surface area (Å²) < 4.78 is 25.5. The average Bonchev–Trinajstić information content (AvgIpc) is 1.50. The Balaban J connectivity index is 2.43. The molecule has 0 unspecified atom stereocenters. The number of hydrogen-bond acceptors (Lipinski definition) is 2. The quantitative estimate of drug-likeness (QED) is 0.718. The molecule has 0 spiro atoms. The Morgan fingerprint density at radius 3 is 2.45 bits per heavy atom. The van der Waals surface area contributed by atoms with Crippen LogP contribution in [0.4, 0.5) is 8.78 Å². The molecule has 1 heterocycles. The molecule has 11 heavy (non-hydrogen) atoms. The fourth-order valence-electron chi connectivity index (χ4n) is 0.826. The van der Waals surface area contributed by atoms with E-state index < -0.39 is 24.2 Å². The van der Waals surface area contributed by atoms with E-state index in [0.29, 0.717) is 11.5 Å². The second-order valence-corrected chi connectivity index (χ2v) is 3.64. The van der Waals surface area contributed by atoms with E-state index in [1.807, 2.05) is 0 Å². The standard InChI is InChI=1S/C6H8F2O2S/c7-6(8,1-5(9)10)4-2-11-3-4/h4H,1-3H2,(H,9,10). The molecule has 0 aromatic heterocycles. The van der Waals surface area contributed by atoms with Gasteiger partial charge in [0.1, 0.15) is 6.42 Å². The van der Waals surface area contributed by atoms with Crippen molar-refractivity contribution in [2.24, 2.45) is 5.92 Å². The Labute approximate surface area is 67.0 Å². The minimum Gasteiger partial charge on any atom is -0.481 e. The molecule has 1 rings (SSSR count). The van der Waals surface area contributed by atoms with Crippen LogP contribution in [0.15, 0.2) is 0 Å². The molecule has 0 aromatic rings. The lowest BCUT2D eigenvalue weighted by Gasteiger charge is -2.31. The van der Waals surface area contributed by atoms with E-state index in [2.05, 4.69) is 0 Å². The summed E-state index contributed by atoms with van der Waals surface area (Å²) in [6.07, 6.45) is -1.03. The molecule has 1 aliphatic rings. The summed E-state index contributed by atoms with van der Waals surface area (Å²) in [7, 11) is 0. The van der Waals surface area contributed by atoms with Gasteiger partial charge in [0.15, 0.2) is 0 Å². The molecule has 0 bridgehead atoms. The Morgan fingerprint density at radius 1 is 1.64 bits per heavy atom. The topological polar surface area (TPSA) is 37.3 Å². The van der Waals surface area contributed by atoms with Gasteiger partial charge >= 0.3 is 5.97 Å². The highest BCUT2D eigenvalue weighted by Gasteiger charge is 2.44. The zero-order valence-corrected chi connectivity index (χ0v) is 6.53. The van der Waals surface area contributed by atoms with Gasteiger partial charge in [-0.25, -0.2) is 8.78 Å². The van der Waals surface area contributed by atoms with Crippen LogP contribution >= 0.6 is 11.8 Å². The van der Waals surface area contributed by atoms with Gasteiger partial charge in [0.05, 0.1) is 0 Å². The summed E-state index contributed by atoms with van der Waals surface area (Å²) in [6.45, 7) is 0. The van der Waals surface area contributed by atoms with Crippen LogP contribution in [0.3, 0.4) is 0 Å². The number of rotatable bonds is 3. The molecule has 0 aromatic carbocycles. The third kappa shape index (κ3) is 2.05. The van der Waals surface area contributed by atoms with Crippen LogP contribution in [0.2, 0.25) is 0 Å². The van der Waals surface area contributed by atoms with Crippen LogP contribution in [-0.4, -0.2) is 28.5 Å². The molecular weight excluding hydrogens is 174 g/mol. The van der Waals surface area contributed by atoms with E-state index in [9.17, 15) is 13.6 Å². The van der Waals surface area contributed by atoms with Gasteiger partial charge in [0.2, 0.25) is 0 Å². The van der Waals surface area contributed by atoms with E-state index >= 15 is 0 Å². The first-order valence-electron chi connectivity index (χ1n) is 3.20. The molecule has 1 N–H and O–H groups in total. The monoisotopic (exact) mass is 182 g/mol. The lowest BCUT2D eigenvalue weighted by atomic mass is 10.0.